The molecule has 0 aliphatic rings. The summed E-state index contributed by atoms with van der Waals surface area (Å²) >= 11 is 0. The van der Waals surface area contributed by atoms with E-state index in [4.69, 9.17) is 15.2 Å². The molecule has 0 aromatic rings. The SMILES string of the molecule is CCCCC/C=C\CCC(CCCCCCCCCCCCCC)OC(=O)CCCC(=O)OC(CC/C=C\CCCCC)CCCCCCCCCCCCCC.CN(C)CCCC(N)=O. The lowest BCUT2D eigenvalue weighted by Crippen LogP contribution is -2.20. The van der Waals surface area contributed by atoms with Gasteiger partial charge >= 0.3 is 11.9 Å². The Hall–Kier alpha value is -2.15. The second-order valence-corrected chi connectivity index (χ2v) is 19.9. The van der Waals surface area contributed by atoms with Gasteiger partial charge in [-0.25, -0.2) is 0 Å². The van der Waals surface area contributed by atoms with Gasteiger partial charge in [-0.3, -0.25) is 14.4 Å². The predicted octanol–water partition coefficient (Wildman–Crippen LogP) is 17.8. The zero-order valence-electron chi connectivity index (χ0n) is 45.1. The molecule has 0 aliphatic carbocycles. The smallest absolute Gasteiger partial charge is 0.306 e. The van der Waals surface area contributed by atoms with Crippen LogP contribution >= 0.6 is 0 Å². The van der Waals surface area contributed by atoms with Gasteiger partial charge in [-0.15, -0.1) is 0 Å². The third-order valence-corrected chi connectivity index (χ3v) is 12.7. The van der Waals surface area contributed by atoms with Crippen LogP contribution in [0.4, 0.5) is 0 Å². The number of ether oxygens (including phenoxy) is 2. The van der Waals surface area contributed by atoms with Crippen LogP contribution in [0.3, 0.4) is 0 Å². The number of hydrogen-bond donors (Lipinski definition) is 1. The number of carbonyl (C=O) groups is 3. The lowest BCUT2D eigenvalue weighted by Gasteiger charge is -2.18. The van der Waals surface area contributed by atoms with Crippen molar-refractivity contribution < 1.29 is 23.9 Å². The average molecular weight is 932 g/mol. The molecule has 1 amide bonds. The minimum atomic E-state index is -0.211. The Labute approximate surface area is 411 Å². The molecule has 0 heterocycles. The van der Waals surface area contributed by atoms with Crippen LogP contribution in [0.15, 0.2) is 24.3 Å². The molecule has 0 aromatic heterocycles. The van der Waals surface area contributed by atoms with E-state index in [9.17, 15) is 14.4 Å². The standard InChI is InChI=1S/C53H100O4.C6H14N2O/c1-5-9-13-17-21-23-25-27-29-33-37-41-46-50(44-39-35-31-19-15-11-7-3)56-52(54)48-43-49-53(55)57-51(45-40-36-32-20-16-12-8-4)47-42-38-34-30-28-26-24-22-18-14-10-6-2;1-8(2)5-3-4-6(7)9/h31-32,35-36,50-51H,5-30,33-34,37-49H2,1-4H3;3-5H2,1-2H3,(H2,7,9)/b35-31-,36-32-;. The van der Waals surface area contributed by atoms with E-state index >= 15 is 0 Å². The monoisotopic (exact) mass is 931 g/mol. The molecule has 0 aromatic carbocycles. The topological polar surface area (TPSA) is 98.9 Å². The molecule has 2 unspecified atom stereocenters. The first-order valence-corrected chi connectivity index (χ1v) is 28.8. The van der Waals surface area contributed by atoms with Gasteiger partial charge in [0.25, 0.3) is 0 Å². The molecule has 2 atom stereocenters. The van der Waals surface area contributed by atoms with Gasteiger partial charge in [-0.1, -0.05) is 219 Å². The first-order chi connectivity index (χ1) is 32.2. The van der Waals surface area contributed by atoms with E-state index in [-0.39, 0.29) is 30.1 Å². The van der Waals surface area contributed by atoms with E-state index < -0.39 is 0 Å². The number of unbranched alkanes of at least 4 members (excludes halogenated alkanes) is 28. The van der Waals surface area contributed by atoms with Crippen molar-refractivity contribution in [1.29, 1.82) is 0 Å². The Morgan fingerprint density at radius 1 is 0.379 bits per heavy atom. The molecule has 0 rings (SSSR count). The van der Waals surface area contributed by atoms with Gasteiger partial charge in [-0.2, -0.15) is 0 Å². The molecular formula is C59H114N2O5. The van der Waals surface area contributed by atoms with Crippen LogP contribution in [-0.2, 0) is 23.9 Å². The highest BCUT2D eigenvalue weighted by Crippen LogP contribution is 2.20. The maximum atomic E-state index is 13.0. The third kappa shape index (κ3) is 56.2. The molecule has 390 valence electrons. The van der Waals surface area contributed by atoms with E-state index in [2.05, 4.69) is 52.0 Å². The molecule has 66 heavy (non-hydrogen) atoms. The molecule has 7 heteroatoms. The largest absolute Gasteiger partial charge is 0.462 e. The molecule has 2 N–H and O–H groups in total. The van der Waals surface area contributed by atoms with E-state index in [1.165, 1.54) is 180 Å². The molecular weight excluding hydrogens is 817 g/mol. The van der Waals surface area contributed by atoms with Crippen molar-refractivity contribution in [2.45, 2.75) is 316 Å². The quantitative estimate of drug-likeness (QED) is 0.0371. The fourth-order valence-corrected chi connectivity index (χ4v) is 8.45. The first kappa shape index (κ1) is 65.9. The van der Waals surface area contributed by atoms with Crippen molar-refractivity contribution in [3.05, 3.63) is 24.3 Å². The van der Waals surface area contributed by atoms with Crippen molar-refractivity contribution >= 4 is 17.8 Å². The molecule has 0 radical (unpaired) electrons. The Morgan fingerprint density at radius 2 is 0.682 bits per heavy atom. The van der Waals surface area contributed by atoms with Crippen molar-refractivity contribution in [3.63, 3.8) is 0 Å². The normalized spacial score (nSPS) is 12.5. The van der Waals surface area contributed by atoms with Crippen LogP contribution < -0.4 is 5.73 Å². The van der Waals surface area contributed by atoms with Gasteiger partial charge in [0.1, 0.15) is 12.2 Å². The van der Waals surface area contributed by atoms with Gasteiger partial charge in [-0.05, 0) is 111 Å². The molecule has 0 aliphatic heterocycles. The second-order valence-electron chi connectivity index (χ2n) is 19.9. The maximum absolute atomic E-state index is 13.0. The minimum absolute atomic E-state index is 0.0252. The van der Waals surface area contributed by atoms with Crippen LogP contribution in [0.5, 0.6) is 0 Å². The maximum Gasteiger partial charge on any atom is 0.306 e. The van der Waals surface area contributed by atoms with Crippen molar-refractivity contribution in [3.8, 4) is 0 Å². The molecule has 7 nitrogen and oxygen atoms in total. The Kier molecular flexibility index (Phi) is 55.4. The average Bonchev–Trinajstić information content (AvgIpc) is 3.28. The number of esters is 2. The Morgan fingerprint density at radius 3 is 1.00 bits per heavy atom. The highest BCUT2D eigenvalue weighted by molar-refractivity contribution is 5.73. The summed E-state index contributed by atoms with van der Waals surface area (Å²) in [6.45, 7) is 9.99. The van der Waals surface area contributed by atoms with Gasteiger partial charge in [0, 0.05) is 19.3 Å². The number of nitrogens with zero attached hydrogens (tertiary/aromatic N) is 1. The van der Waals surface area contributed by atoms with Crippen LogP contribution in [0.25, 0.3) is 0 Å². The zero-order valence-corrected chi connectivity index (χ0v) is 45.1. The van der Waals surface area contributed by atoms with Gasteiger partial charge < -0.3 is 20.1 Å². The van der Waals surface area contributed by atoms with E-state index in [0.717, 1.165) is 77.2 Å². The summed E-state index contributed by atoms with van der Waals surface area (Å²) in [5, 5.41) is 0. The highest BCUT2D eigenvalue weighted by atomic mass is 16.5. The summed E-state index contributed by atoms with van der Waals surface area (Å²) in [7, 11) is 3.95. The number of carbonyl (C=O) groups excluding carboxylic acids is 3. The van der Waals surface area contributed by atoms with Gasteiger partial charge in [0.2, 0.25) is 5.91 Å². The molecule has 0 spiro atoms. The number of nitrogens with two attached hydrogens (primary N) is 1. The Balaban J connectivity index is 0. The van der Waals surface area contributed by atoms with Crippen LogP contribution in [0, 0.1) is 0 Å². The van der Waals surface area contributed by atoms with E-state index in [0.29, 0.717) is 25.7 Å². The number of hydrogen-bond acceptors (Lipinski definition) is 6. The first-order valence-electron chi connectivity index (χ1n) is 28.8. The van der Waals surface area contributed by atoms with E-state index in [1.54, 1.807) is 0 Å². The minimum Gasteiger partial charge on any atom is -0.462 e. The van der Waals surface area contributed by atoms with Gasteiger partial charge in [0.15, 0.2) is 0 Å². The number of primary amides is 1. The van der Waals surface area contributed by atoms with E-state index in [1.807, 2.05) is 19.0 Å². The Bertz CT molecular complexity index is 1000. The lowest BCUT2D eigenvalue weighted by molar-refractivity contribution is -0.151. The predicted molar refractivity (Wildman–Crippen MR) is 287 cm³/mol. The molecule has 0 bridgehead atoms. The summed E-state index contributed by atoms with van der Waals surface area (Å²) in [5.41, 5.74) is 4.92. The fraction of sp³-hybridized carbons (Fsp3) is 0.881. The van der Waals surface area contributed by atoms with Crippen molar-refractivity contribution in [2.75, 3.05) is 20.6 Å². The van der Waals surface area contributed by atoms with Crippen LogP contribution in [0.2, 0.25) is 0 Å². The number of allylic oxidation sites excluding steroid dienone is 4. The number of rotatable bonds is 50. The van der Waals surface area contributed by atoms with Crippen molar-refractivity contribution in [2.24, 2.45) is 5.73 Å². The summed E-state index contributed by atoms with van der Waals surface area (Å²) in [5.74, 6) is -0.517. The summed E-state index contributed by atoms with van der Waals surface area (Å²) < 4.78 is 12.1. The fourth-order valence-electron chi connectivity index (χ4n) is 8.45. The molecule has 0 saturated carbocycles. The van der Waals surface area contributed by atoms with Crippen molar-refractivity contribution in [1.82, 2.24) is 4.90 Å². The molecule has 0 saturated heterocycles. The number of amides is 1. The summed E-state index contributed by atoms with van der Waals surface area (Å²) in [6, 6.07) is 0. The van der Waals surface area contributed by atoms with Gasteiger partial charge in [0.05, 0.1) is 0 Å². The second kappa shape index (κ2) is 55.4. The zero-order chi connectivity index (χ0) is 48.8. The lowest BCUT2D eigenvalue weighted by atomic mass is 10.0. The highest BCUT2D eigenvalue weighted by Gasteiger charge is 2.17. The summed E-state index contributed by atoms with van der Waals surface area (Å²) in [4.78, 5) is 38.2. The van der Waals surface area contributed by atoms with Crippen LogP contribution in [-0.4, -0.2) is 55.6 Å². The molecule has 0 fully saturated rings. The van der Waals surface area contributed by atoms with Crippen LogP contribution in [0.1, 0.15) is 304 Å². The summed E-state index contributed by atoms with van der Waals surface area (Å²) in [6.07, 6.45) is 59.0. The third-order valence-electron chi connectivity index (χ3n) is 12.7.